The maximum Gasteiger partial charge on any atom is 0.226 e. The summed E-state index contributed by atoms with van der Waals surface area (Å²) in [5.41, 5.74) is 2.59. The molecular weight excluding hydrogens is 348 g/mol. The van der Waals surface area contributed by atoms with Gasteiger partial charge in [0.25, 0.3) is 0 Å². The number of hydrogen-bond donors (Lipinski definition) is 1. The maximum absolute atomic E-state index is 12.1. The quantitative estimate of drug-likeness (QED) is 0.568. The molecule has 0 aliphatic heterocycles. The van der Waals surface area contributed by atoms with E-state index in [1.54, 1.807) is 11.3 Å². The summed E-state index contributed by atoms with van der Waals surface area (Å²) >= 11 is 1.55. The van der Waals surface area contributed by atoms with Crippen molar-refractivity contribution in [1.82, 2.24) is 19.7 Å². The van der Waals surface area contributed by atoms with Gasteiger partial charge in [0.2, 0.25) is 11.8 Å². The second kappa shape index (κ2) is 7.13. The molecule has 0 saturated heterocycles. The highest BCUT2D eigenvalue weighted by molar-refractivity contribution is 7.15. The molecule has 3 heterocycles. The van der Waals surface area contributed by atoms with Crippen LogP contribution in [0, 0.1) is 6.92 Å². The maximum atomic E-state index is 12.1. The number of benzene rings is 1. The Balaban J connectivity index is 1.32. The lowest BCUT2D eigenvalue weighted by Crippen LogP contribution is -2.27. The van der Waals surface area contributed by atoms with Gasteiger partial charge in [-0.3, -0.25) is 9.20 Å². The van der Waals surface area contributed by atoms with E-state index in [9.17, 15) is 4.79 Å². The molecule has 0 spiro atoms. The van der Waals surface area contributed by atoms with E-state index < -0.39 is 0 Å². The minimum atomic E-state index is -0.0415. The molecule has 7 heteroatoms. The Morgan fingerprint density at radius 2 is 2.12 bits per heavy atom. The predicted octanol–water partition coefficient (Wildman–Crippen LogP) is 3.26. The van der Waals surface area contributed by atoms with Gasteiger partial charge in [0.05, 0.1) is 17.8 Å². The van der Waals surface area contributed by atoms with Crippen molar-refractivity contribution in [2.75, 3.05) is 6.54 Å². The van der Waals surface area contributed by atoms with Crippen molar-refractivity contribution in [3.05, 3.63) is 65.3 Å². The summed E-state index contributed by atoms with van der Waals surface area (Å²) in [5, 5.41) is 4.89. The molecule has 0 aliphatic rings. The lowest BCUT2D eigenvalue weighted by molar-refractivity contribution is -0.120. The zero-order valence-corrected chi connectivity index (χ0v) is 15.1. The molecule has 6 nitrogen and oxygen atoms in total. The fraction of sp³-hybridized carbons (Fsp3) is 0.211. The van der Waals surface area contributed by atoms with Gasteiger partial charge in [-0.1, -0.05) is 18.2 Å². The standard InChI is InChI=1S/C19H18N4O2S/c1-13-16(22-18(25-13)14-5-3-2-4-6-14)7-8-20-17(24)11-15-12-23-9-10-26-19(23)21-15/h2-6,9-10,12H,7-8,11H2,1H3,(H,20,24). The van der Waals surface area contributed by atoms with Gasteiger partial charge >= 0.3 is 0 Å². The Morgan fingerprint density at radius 1 is 1.27 bits per heavy atom. The molecule has 0 saturated carbocycles. The fourth-order valence-electron chi connectivity index (χ4n) is 2.77. The number of aryl methyl sites for hydroxylation is 1. The Hall–Kier alpha value is -2.93. The molecule has 1 N–H and O–H groups in total. The van der Waals surface area contributed by atoms with Crippen LogP contribution in [0.1, 0.15) is 17.1 Å². The highest BCUT2D eigenvalue weighted by Gasteiger charge is 2.12. The summed E-state index contributed by atoms with van der Waals surface area (Å²) in [7, 11) is 0. The molecule has 4 rings (SSSR count). The topological polar surface area (TPSA) is 72.4 Å². The number of amides is 1. The molecule has 0 unspecified atom stereocenters. The number of carbonyl (C=O) groups is 1. The molecule has 1 amide bonds. The molecule has 0 fully saturated rings. The van der Waals surface area contributed by atoms with E-state index in [1.165, 1.54) is 0 Å². The number of nitrogens with one attached hydrogen (secondary N) is 1. The van der Waals surface area contributed by atoms with Crippen LogP contribution in [0.2, 0.25) is 0 Å². The number of fused-ring (bicyclic) bond motifs is 1. The number of oxazole rings is 1. The van der Waals surface area contributed by atoms with E-state index in [2.05, 4.69) is 15.3 Å². The van der Waals surface area contributed by atoms with E-state index in [4.69, 9.17) is 4.42 Å². The van der Waals surface area contributed by atoms with Crippen molar-refractivity contribution in [2.45, 2.75) is 19.8 Å². The van der Waals surface area contributed by atoms with Gasteiger partial charge < -0.3 is 9.73 Å². The number of imidazole rings is 1. The summed E-state index contributed by atoms with van der Waals surface area (Å²) in [6.07, 6.45) is 4.74. The minimum Gasteiger partial charge on any atom is -0.441 e. The smallest absolute Gasteiger partial charge is 0.226 e. The highest BCUT2D eigenvalue weighted by atomic mass is 32.1. The first-order valence-corrected chi connectivity index (χ1v) is 9.26. The van der Waals surface area contributed by atoms with Crippen LogP contribution in [0.25, 0.3) is 16.4 Å². The zero-order chi connectivity index (χ0) is 17.9. The molecule has 0 atom stereocenters. The molecule has 0 bridgehead atoms. The van der Waals surface area contributed by atoms with Crippen LogP contribution >= 0.6 is 11.3 Å². The number of nitrogens with zero attached hydrogens (tertiary/aromatic N) is 3. The van der Waals surface area contributed by atoms with E-state index >= 15 is 0 Å². The summed E-state index contributed by atoms with van der Waals surface area (Å²) in [5.74, 6) is 1.36. The predicted molar refractivity (Wildman–Crippen MR) is 100 cm³/mol. The van der Waals surface area contributed by atoms with Gasteiger partial charge in [0, 0.05) is 36.3 Å². The molecule has 0 aliphatic carbocycles. The third kappa shape index (κ3) is 3.52. The minimum absolute atomic E-state index is 0.0415. The van der Waals surface area contributed by atoms with Crippen LogP contribution in [-0.2, 0) is 17.6 Å². The fourth-order valence-corrected chi connectivity index (χ4v) is 3.49. The highest BCUT2D eigenvalue weighted by Crippen LogP contribution is 2.21. The van der Waals surface area contributed by atoms with Crippen LogP contribution < -0.4 is 5.32 Å². The average molecular weight is 366 g/mol. The largest absolute Gasteiger partial charge is 0.441 e. The molecule has 1 aromatic carbocycles. The summed E-state index contributed by atoms with van der Waals surface area (Å²) in [6, 6.07) is 9.79. The normalized spacial score (nSPS) is 11.1. The van der Waals surface area contributed by atoms with Gasteiger partial charge in [-0.15, -0.1) is 11.3 Å². The van der Waals surface area contributed by atoms with Gasteiger partial charge in [-0.2, -0.15) is 0 Å². The van der Waals surface area contributed by atoms with Gasteiger partial charge in [0.1, 0.15) is 5.76 Å². The summed E-state index contributed by atoms with van der Waals surface area (Å²) in [6.45, 7) is 2.41. The molecular formula is C19H18N4O2S. The number of hydrogen-bond acceptors (Lipinski definition) is 5. The molecule has 132 valence electrons. The molecule has 4 aromatic rings. The van der Waals surface area contributed by atoms with Crippen LogP contribution in [0.15, 0.2) is 52.5 Å². The summed E-state index contributed by atoms with van der Waals surface area (Å²) < 4.78 is 7.67. The number of rotatable bonds is 6. The SMILES string of the molecule is Cc1oc(-c2ccccc2)nc1CCNC(=O)Cc1cn2ccsc2n1. The van der Waals surface area contributed by atoms with Gasteiger partial charge in [0.15, 0.2) is 4.96 Å². The van der Waals surface area contributed by atoms with Gasteiger partial charge in [-0.25, -0.2) is 9.97 Å². The number of aromatic nitrogens is 3. The van der Waals surface area contributed by atoms with Crippen LogP contribution in [-0.4, -0.2) is 26.8 Å². The third-order valence-electron chi connectivity index (χ3n) is 4.08. The number of carbonyl (C=O) groups excluding carboxylic acids is 1. The molecule has 26 heavy (non-hydrogen) atoms. The van der Waals surface area contributed by atoms with Crippen molar-refractivity contribution in [2.24, 2.45) is 0 Å². The number of thiazole rings is 1. The Kier molecular flexibility index (Phi) is 4.53. The van der Waals surface area contributed by atoms with E-state index in [0.717, 1.165) is 27.7 Å². The lowest BCUT2D eigenvalue weighted by Gasteiger charge is -2.02. The van der Waals surface area contributed by atoms with Crippen LogP contribution in [0.3, 0.4) is 0 Å². The van der Waals surface area contributed by atoms with E-state index in [-0.39, 0.29) is 12.3 Å². The molecule has 0 radical (unpaired) electrons. The summed E-state index contributed by atoms with van der Waals surface area (Å²) in [4.78, 5) is 22.0. The Bertz CT molecular complexity index is 1000. The third-order valence-corrected chi connectivity index (χ3v) is 4.85. The second-order valence-electron chi connectivity index (χ2n) is 5.99. The second-order valence-corrected chi connectivity index (χ2v) is 6.86. The lowest BCUT2D eigenvalue weighted by atomic mass is 10.2. The average Bonchev–Trinajstić information content (AvgIpc) is 3.31. The van der Waals surface area contributed by atoms with Crippen LogP contribution in [0.4, 0.5) is 0 Å². The van der Waals surface area contributed by atoms with Crippen molar-refractivity contribution in [1.29, 1.82) is 0 Å². The van der Waals surface area contributed by atoms with Crippen LogP contribution in [0.5, 0.6) is 0 Å². The first-order valence-electron chi connectivity index (χ1n) is 8.38. The monoisotopic (exact) mass is 366 g/mol. The first-order chi connectivity index (χ1) is 12.7. The van der Waals surface area contributed by atoms with Crippen molar-refractivity contribution < 1.29 is 9.21 Å². The van der Waals surface area contributed by atoms with Crippen molar-refractivity contribution in [3.8, 4) is 11.5 Å². The Morgan fingerprint density at radius 3 is 2.92 bits per heavy atom. The Labute approximate surface area is 154 Å². The van der Waals surface area contributed by atoms with E-state index in [0.29, 0.717) is 18.9 Å². The van der Waals surface area contributed by atoms with Crippen molar-refractivity contribution >= 4 is 22.2 Å². The van der Waals surface area contributed by atoms with Crippen molar-refractivity contribution in [3.63, 3.8) is 0 Å². The van der Waals surface area contributed by atoms with Gasteiger partial charge in [-0.05, 0) is 19.1 Å². The van der Waals surface area contributed by atoms with E-state index in [1.807, 2.05) is 59.4 Å². The zero-order valence-electron chi connectivity index (χ0n) is 14.3. The first kappa shape index (κ1) is 16.5. The molecule has 3 aromatic heterocycles.